The van der Waals surface area contributed by atoms with Crippen molar-refractivity contribution in [1.82, 2.24) is 0 Å². The molecule has 0 heterocycles. The van der Waals surface area contributed by atoms with Crippen LogP contribution in [-0.2, 0) is 0 Å². The van der Waals surface area contributed by atoms with Gasteiger partial charge in [0.05, 0.1) is 0 Å². The molecule has 0 N–H and O–H groups in total. The topological polar surface area (TPSA) is 0 Å². The lowest BCUT2D eigenvalue weighted by Gasteiger charge is -2.07. The monoisotopic (exact) mass is 161 g/mol. The van der Waals surface area contributed by atoms with E-state index in [1.54, 1.807) is 0 Å². The Morgan fingerprint density at radius 3 is 2.25 bits per heavy atom. The molecule has 0 amide bonds. The van der Waals surface area contributed by atoms with E-state index >= 15 is 0 Å². The summed E-state index contributed by atoms with van der Waals surface area (Å²) in [5.41, 5.74) is 4.21. The molecule has 0 aliphatic rings. The molecule has 0 saturated heterocycles. The van der Waals surface area contributed by atoms with Gasteiger partial charge >= 0.3 is 0 Å². The molecule has 0 aliphatic carbocycles. The second kappa shape index (κ2) is 4.30. The summed E-state index contributed by atoms with van der Waals surface area (Å²) in [4.78, 5) is 0. The Bertz CT molecular complexity index is 228. The fraction of sp³-hybridized carbons (Fsp3) is 0.417. The molecule has 12 heavy (non-hydrogen) atoms. The van der Waals surface area contributed by atoms with Gasteiger partial charge in [0.1, 0.15) is 0 Å². The van der Waals surface area contributed by atoms with E-state index in [1.807, 2.05) is 0 Å². The van der Waals surface area contributed by atoms with Crippen molar-refractivity contribution in [3.8, 4) is 0 Å². The number of benzene rings is 1. The minimum atomic E-state index is 1.19. The van der Waals surface area contributed by atoms with E-state index in [0.29, 0.717) is 0 Å². The lowest BCUT2D eigenvalue weighted by atomic mass is 9.98. The van der Waals surface area contributed by atoms with Crippen LogP contribution < -0.4 is 0 Å². The van der Waals surface area contributed by atoms with Crippen LogP contribution in [0.4, 0.5) is 0 Å². The third-order valence-electron chi connectivity index (χ3n) is 2.18. The lowest BCUT2D eigenvalue weighted by molar-refractivity contribution is 0.908. The van der Waals surface area contributed by atoms with Gasteiger partial charge < -0.3 is 0 Å². The molecule has 0 nitrogen and oxygen atoms in total. The van der Waals surface area contributed by atoms with Crippen molar-refractivity contribution in [2.24, 2.45) is 0 Å². The van der Waals surface area contributed by atoms with Gasteiger partial charge in [-0.25, -0.2) is 0 Å². The van der Waals surface area contributed by atoms with Crippen LogP contribution in [0.25, 0.3) is 0 Å². The van der Waals surface area contributed by atoms with Crippen molar-refractivity contribution >= 4 is 0 Å². The van der Waals surface area contributed by atoms with Crippen LogP contribution in [0.5, 0.6) is 0 Å². The summed E-state index contributed by atoms with van der Waals surface area (Å²) >= 11 is 0. The van der Waals surface area contributed by atoms with Gasteiger partial charge in [-0.15, -0.1) is 0 Å². The Kier molecular flexibility index (Phi) is 3.33. The zero-order valence-electron chi connectivity index (χ0n) is 8.22. The first-order valence-corrected chi connectivity index (χ1v) is 4.65. The van der Waals surface area contributed by atoms with E-state index in [9.17, 15) is 0 Å². The van der Waals surface area contributed by atoms with E-state index in [0.717, 1.165) is 0 Å². The van der Waals surface area contributed by atoms with Crippen molar-refractivity contribution in [1.29, 1.82) is 0 Å². The average molecular weight is 161 g/mol. The maximum atomic E-state index is 2.34. The number of hydrogen-bond acceptors (Lipinski definition) is 0. The summed E-state index contributed by atoms with van der Waals surface area (Å²) in [7, 11) is 0. The Labute approximate surface area is 75.6 Å². The highest BCUT2D eigenvalue weighted by Gasteiger charge is 2.00. The fourth-order valence-electron chi connectivity index (χ4n) is 1.44. The molecule has 0 bridgehead atoms. The van der Waals surface area contributed by atoms with Gasteiger partial charge in [0.2, 0.25) is 0 Å². The van der Waals surface area contributed by atoms with Crippen molar-refractivity contribution in [3.63, 3.8) is 0 Å². The third-order valence-corrected chi connectivity index (χ3v) is 2.18. The van der Waals surface area contributed by atoms with Crippen molar-refractivity contribution < 1.29 is 0 Å². The SMILES string of the molecule is CCC[CH]c1c(C)cccc1C. The summed E-state index contributed by atoms with van der Waals surface area (Å²) in [6.07, 6.45) is 4.75. The van der Waals surface area contributed by atoms with Crippen LogP contribution in [-0.4, -0.2) is 0 Å². The van der Waals surface area contributed by atoms with E-state index in [-0.39, 0.29) is 0 Å². The van der Waals surface area contributed by atoms with Crippen molar-refractivity contribution in [3.05, 3.63) is 41.3 Å². The smallest absolute Gasteiger partial charge is 0.00877 e. The molecule has 1 aromatic carbocycles. The van der Waals surface area contributed by atoms with Crippen molar-refractivity contribution in [2.75, 3.05) is 0 Å². The van der Waals surface area contributed by atoms with Crippen LogP contribution in [0.3, 0.4) is 0 Å². The van der Waals surface area contributed by atoms with E-state index in [2.05, 4.69) is 45.4 Å². The third kappa shape index (κ3) is 2.10. The number of rotatable bonds is 3. The summed E-state index contributed by atoms with van der Waals surface area (Å²) in [6.45, 7) is 6.56. The van der Waals surface area contributed by atoms with Gasteiger partial charge in [0.25, 0.3) is 0 Å². The highest BCUT2D eigenvalue weighted by atomic mass is 14.0. The molecule has 0 unspecified atom stereocenters. The maximum absolute atomic E-state index is 2.34. The second-order valence-corrected chi connectivity index (χ2v) is 3.30. The molecule has 0 spiro atoms. The van der Waals surface area contributed by atoms with E-state index < -0.39 is 0 Å². The Morgan fingerprint density at radius 1 is 1.17 bits per heavy atom. The molecular formula is C12H17. The van der Waals surface area contributed by atoms with Gasteiger partial charge in [0.15, 0.2) is 0 Å². The molecule has 0 aromatic heterocycles. The van der Waals surface area contributed by atoms with Gasteiger partial charge in [0, 0.05) is 0 Å². The zero-order valence-corrected chi connectivity index (χ0v) is 8.22. The highest BCUT2D eigenvalue weighted by molar-refractivity contribution is 5.38. The highest BCUT2D eigenvalue weighted by Crippen LogP contribution is 2.17. The number of aryl methyl sites for hydroxylation is 2. The lowest BCUT2D eigenvalue weighted by Crippen LogP contribution is -1.90. The van der Waals surface area contributed by atoms with Crippen LogP contribution in [0.1, 0.15) is 36.5 Å². The molecule has 0 aliphatic heterocycles. The molecule has 1 aromatic rings. The second-order valence-electron chi connectivity index (χ2n) is 3.30. The summed E-state index contributed by atoms with van der Waals surface area (Å²) < 4.78 is 0. The molecule has 0 fully saturated rings. The minimum absolute atomic E-state index is 1.19. The Hall–Kier alpha value is -0.780. The van der Waals surface area contributed by atoms with Crippen molar-refractivity contribution in [2.45, 2.75) is 33.6 Å². The molecule has 65 valence electrons. The maximum Gasteiger partial charge on any atom is -0.00877 e. The summed E-state index contributed by atoms with van der Waals surface area (Å²) in [5.74, 6) is 0. The van der Waals surface area contributed by atoms with Crippen LogP contribution in [0.15, 0.2) is 18.2 Å². The minimum Gasteiger partial charge on any atom is -0.0654 e. The van der Waals surface area contributed by atoms with E-state index in [1.165, 1.54) is 29.5 Å². The van der Waals surface area contributed by atoms with Gasteiger partial charge in [-0.1, -0.05) is 31.5 Å². The molecular weight excluding hydrogens is 144 g/mol. The Balaban J connectivity index is 2.81. The van der Waals surface area contributed by atoms with Crippen LogP contribution in [0, 0.1) is 20.3 Å². The first-order chi connectivity index (χ1) is 5.75. The zero-order chi connectivity index (χ0) is 8.97. The van der Waals surface area contributed by atoms with Gasteiger partial charge in [-0.3, -0.25) is 0 Å². The van der Waals surface area contributed by atoms with Crippen LogP contribution >= 0.6 is 0 Å². The average Bonchev–Trinajstić information content (AvgIpc) is 2.04. The predicted molar refractivity (Wildman–Crippen MR) is 54.2 cm³/mol. The Morgan fingerprint density at radius 2 is 1.75 bits per heavy atom. The van der Waals surface area contributed by atoms with Gasteiger partial charge in [-0.05, 0) is 43.4 Å². The molecule has 0 heteroatoms. The standard InChI is InChI=1S/C12H17/c1-4-5-9-12-10(2)7-6-8-11(12)3/h6-9H,4-5H2,1-3H3. The molecule has 0 atom stereocenters. The largest absolute Gasteiger partial charge is 0.0654 e. The normalized spacial score (nSPS) is 10.2. The molecule has 1 rings (SSSR count). The first kappa shape index (κ1) is 9.31. The predicted octanol–water partition coefficient (Wildman–Crippen LogP) is 3.66. The molecule has 0 saturated carbocycles. The number of unbranched alkanes of at least 4 members (excludes halogenated alkanes) is 1. The van der Waals surface area contributed by atoms with E-state index in [4.69, 9.17) is 0 Å². The molecule has 1 radical (unpaired) electrons. The van der Waals surface area contributed by atoms with Crippen LogP contribution in [0.2, 0.25) is 0 Å². The number of hydrogen-bond donors (Lipinski definition) is 0. The van der Waals surface area contributed by atoms with Gasteiger partial charge in [-0.2, -0.15) is 0 Å². The summed E-state index contributed by atoms with van der Waals surface area (Å²) in [6, 6.07) is 6.47. The first-order valence-electron chi connectivity index (χ1n) is 4.65. The quantitative estimate of drug-likeness (QED) is 0.634. The summed E-state index contributed by atoms with van der Waals surface area (Å²) in [5, 5.41) is 0. The fourth-order valence-corrected chi connectivity index (χ4v) is 1.44.